The first kappa shape index (κ1) is 23.6. The predicted molar refractivity (Wildman–Crippen MR) is 129 cm³/mol. The SMILES string of the molecule is CC[C@H](c1nnnn1C(C)(C)C)N(Cc1cc2cc(C)c(C)cc2[nH]c1=O)C[C@@H]1CCCO1. The fraction of sp³-hybridized carbons (Fsp3) is 0.600. The molecule has 3 aromatic rings. The van der Waals surface area contributed by atoms with Crippen molar-refractivity contribution in [3.05, 3.63) is 51.1 Å². The molecule has 4 rings (SSSR count). The molecule has 3 heterocycles. The summed E-state index contributed by atoms with van der Waals surface area (Å²) < 4.78 is 7.88. The van der Waals surface area contributed by atoms with Gasteiger partial charge in [-0.05, 0) is 99.0 Å². The fourth-order valence-corrected chi connectivity index (χ4v) is 4.69. The number of ether oxygens (including phenoxy) is 1. The topological polar surface area (TPSA) is 88.9 Å². The highest BCUT2D eigenvalue weighted by molar-refractivity contribution is 5.80. The van der Waals surface area contributed by atoms with Gasteiger partial charge >= 0.3 is 0 Å². The van der Waals surface area contributed by atoms with E-state index in [0.29, 0.717) is 6.54 Å². The second-order valence-electron chi connectivity index (χ2n) is 10.3. The molecule has 1 aliphatic rings. The Balaban J connectivity index is 1.73. The normalized spacial score (nSPS) is 17.8. The molecule has 1 aromatic carbocycles. The average molecular weight is 453 g/mol. The van der Waals surface area contributed by atoms with Crippen molar-refractivity contribution in [1.29, 1.82) is 0 Å². The molecular formula is C25H36N6O2. The van der Waals surface area contributed by atoms with E-state index < -0.39 is 0 Å². The lowest BCUT2D eigenvalue weighted by Crippen LogP contribution is -2.39. The fourth-order valence-electron chi connectivity index (χ4n) is 4.69. The van der Waals surface area contributed by atoms with Crippen LogP contribution in [0.5, 0.6) is 0 Å². The van der Waals surface area contributed by atoms with Crippen LogP contribution in [0.15, 0.2) is 23.0 Å². The highest BCUT2D eigenvalue weighted by atomic mass is 16.5. The number of aryl methyl sites for hydroxylation is 2. The predicted octanol–water partition coefficient (Wildman–Crippen LogP) is 4.02. The molecule has 0 spiro atoms. The number of fused-ring (bicyclic) bond motifs is 1. The summed E-state index contributed by atoms with van der Waals surface area (Å²) in [6.45, 7) is 14.6. The molecule has 8 heteroatoms. The van der Waals surface area contributed by atoms with Gasteiger partial charge in [0, 0.05) is 30.8 Å². The van der Waals surface area contributed by atoms with E-state index in [2.05, 4.69) is 73.0 Å². The van der Waals surface area contributed by atoms with Crippen LogP contribution in [0.25, 0.3) is 10.9 Å². The van der Waals surface area contributed by atoms with Crippen LogP contribution in [0.3, 0.4) is 0 Å². The molecule has 0 bridgehead atoms. The Hall–Kier alpha value is -2.58. The highest BCUT2D eigenvalue weighted by Crippen LogP contribution is 2.29. The maximum atomic E-state index is 13.1. The van der Waals surface area contributed by atoms with Crippen LogP contribution in [-0.4, -0.2) is 49.3 Å². The lowest BCUT2D eigenvalue weighted by molar-refractivity contribution is 0.0478. The Morgan fingerprint density at radius 1 is 1.24 bits per heavy atom. The Morgan fingerprint density at radius 3 is 2.67 bits per heavy atom. The van der Waals surface area contributed by atoms with Crippen LogP contribution in [0.4, 0.5) is 0 Å². The van der Waals surface area contributed by atoms with Crippen molar-refractivity contribution in [3.63, 3.8) is 0 Å². The second kappa shape index (κ2) is 9.35. The molecule has 33 heavy (non-hydrogen) atoms. The maximum absolute atomic E-state index is 13.1. The molecule has 1 N–H and O–H groups in total. The summed E-state index contributed by atoms with van der Waals surface area (Å²) in [6, 6.07) is 6.19. The number of aromatic amines is 1. The van der Waals surface area contributed by atoms with Gasteiger partial charge in [-0.3, -0.25) is 9.69 Å². The molecule has 178 valence electrons. The van der Waals surface area contributed by atoms with Gasteiger partial charge in [0.05, 0.1) is 17.7 Å². The highest BCUT2D eigenvalue weighted by Gasteiger charge is 2.31. The van der Waals surface area contributed by atoms with Crippen LogP contribution in [0.2, 0.25) is 0 Å². The Morgan fingerprint density at radius 2 is 2.00 bits per heavy atom. The lowest BCUT2D eigenvalue weighted by Gasteiger charge is -2.33. The molecule has 1 aliphatic heterocycles. The quantitative estimate of drug-likeness (QED) is 0.582. The monoisotopic (exact) mass is 452 g/mol. The van der Waals surface area contributed by atoms with Crippen molar-refractivity contribution < 1.29 is 4.74 Å². The van der Waals surface area contributed by atoms with E-state index in [0.717, 1.165) is 54.7 Å². The number of nitrogens with one attached hydrogen (secondary N) is 1. The summed E-state index contributed by atoms with van der Waals surface area (Å²) in [5, 5.41) is 13.7. The Kier molecular flexibility index (Phi) is 6.68. The molecule has 2 atom stereocenters. The number of benzene rings is 1. The van der Waals surface area contributed by atoms with Gasteiger partial charge < -0.3 is 9.72 Å². The van der Waals surface area contributed by atoms with E-state index in [-0.39, 0.29) is 23.2 Å². The molecule has 1 fully saturated rings. The van der Waals surface area contributed by atoms with E-state index in [1.807, 2.05) is 16.8 Å². The maximum Gasteiger partial charge on any atom is 0.252 e. The summed E-state index contributed by atoms with van der Waals surface area (Å²) in [4.78, 5) is 18.5. The summed E-state index contributed by atoms with van der Waals surface area (Å²) in [5.74, 6) is 0.826. The number of nitrogens with zero attached hydrogens (tertiary/aromatic N) is 5. The van der Waals surface area contributed by atoms with Crippen LogP contribution >= 0.6 is 0 Å². The van der Waals surface area contributed by atoms with E-state index in [1.165, 1.54) is 11.1 Å². The zero-order chi connectivity index (χ0) is 23.8. The average Bonchev–Trinajstić information content (AvgIpc) is 3.43. The first-order valence-corrected chi connectivity index (χ1v) is 11.9. The van der Waals surface area contributed by atoms with Gasteiger partial charge in [0.25, 0.3) is 5.56 Å². The van der Waals surface area contributed by atoms with Crippen molar-refractivity contribution in [2.24, 2.45) is 0 Å². The number of hydrogen-bond acceptors (Lipinski definition) is 6. The largest absolute Gasteiger partial charge is 0.377 e. The van der Waals surface area contributed by atoms with E-state index in [9.17, 15) is 4.79 Å². The molecule has 8 nitrogen and oxygen atoms in total. The van der Waals surface area contributed by atoms with Gasteiger partial charge in [-0.1, -0.05) is 6.92 Å². The molecule has 0 saturated carbocycles. The van der Waals surface area contributed by atoms with Crippen LogP contribution < -0.4 is 5.56 Å². The minimum Gasteiger partial charge on any atom is -0.377 e. The molecule has 0 aliphatic carbocycles. The smallest absolute Gasteiger partial charge is 0.252 e. The number of pyridine rings is 1. The van der Waals surface area contributed by atoms with E-state index in [1.54, 1.807) is 0 Å². The zero-order valence-corrected chi connectivity index (χ0v) is 20.7. The van der Waals surface area contributed by atoms with Crippen molar-refractivity contribution in [2.45, 2.75) is 85.0 Å². The van der Waals surface area contributed by atoms with Gasteiger partial charge in [-0.2, -0.15) is 0 Å². The standard InChI is InChI=1S/C25H36N6O2/c1-7-22(23-27-28-29-31(23)25(4,5)6)30(15-20-9-8-10-33-20)14-19-13-18-11-16(2)17(3)12-21(18)26-24(19)32/h11-13,20,22H,7-10,14-15H2,1-6H3,(H,26,32)/t20-,22+/m0/s1. The summed E-state index contributed by atoms with van der Waals surface area (Å²) in [6.07, 6.45) is 3.09. The van der Waals surface area contributed by atoms with Crippen LogP contribution in [0.1, 0.15) is 75.5 Å². The second-order valence-corrected chi connectivity index (χ2v) is 10.3. The minimum absolute atomic E-state index is 0.0294. The third-order valence-electron chi connectivity index (χ3n) is 6.63. The van der Waals surface area contributed by atoms with Gasteiger partial charge in [0.1, 0.15) is 0 Å². The number of H-pyrrole nitrogens is 1. The Labute approximate surface area is 195 Å². The number of hydrogen-bond donors (Lipinski definition) is 1. The minimum atomic E-state index is -0.239. The van der Waals surface area contributed by atoms with Gasteiger partial charge in [-0.15, -0.1) is 5.10 Å². The molecule has 1 saturated heterocycles. The third-order valence-corrected chi connectivity index (χ3v) is 6.63. The van der Waals surface area contributed by atoms with Crippen molar-refractivity contribution in [2.75, 3.05) is 13.2 Å². The summed E-state index contributed by atoms with van der Waals surface area (Å²) >= 11 is 0. The van der Waals surface area contributed by atoms with E-state index >= 15 is 0 Å². The first-order chi connectivity index (χ1) is 15.7. The van der Waals surface area contributed by atoms with Crippen molar-refractivity contribution in [3.8, 4) is 0 Å². The number of aromatic nitrogens is 5. The van der Waals surface area contributed by atoms with Crippen LogP contribution in [-0.2, 0) is 16.8 Å². The van der Waals surface area contributed by atoms with E-state index in [4.69, 9.17) is 4.74 Å². The number of rotatable bonds is 7. The molecule has 0 radical (unpaired) electrons. The first-order valence-electron chi connectivity index (χ1n) is 11.9. The zero-order valence-electron chi connectivity index (χ0n) is 20.7. The van der Waals surface area contributed by atoms with Crippen LogP contribution in [0, 0.1) is 13.8 Å². The molecule has 2 aromatic heterocycles. The van der Waals surface area contributed by atoms with Crippen molar-refractivity contribution in [1.82, 2.24) is 30.1 Å². The lowest BCUT2D eigenvalue weighted by atomic mass is 10.0. The molecule has 0 amide bonds. The van der Waals surface area contributed by atoms with Gasteiger partial charge in [0.15, 0.2) is 5.82 Å². The summed E-state index contributed by atoms with van der Waals surface area (Å²) in [7, 11) is 0. The molecule has 0 unspecified atom stereocenters. The third kappa shape index (κ3) is 5.01. The summed E-state index contributed by atoms with van der Waals surface area (Å²) in [5.41, 5.74) is 3.72. The molecular weight excluding hydrogens is 416 g/mol. The van der Waals surface area contributed by atoms with Gasteiger partial charge in [-0.25, -0.2) is 4.68 Å². The Bertz CT molecular complexity index is 1170. The van der Waals surface area contributed by atoms with Crippen molar-refractivity contribution >= 4 is 10.9 Å². The number of tetrazole rings is 1. The van der Waals surface area contributed by atoms with Gasteiger partial charge in [0.2, 0.25) is 0 Å².